The lowest BCUT2D eigenvalue weighted by Gasteiger charge is -2.05. The highest BCUT2D eigenvalue weighted by atomic mass is 32.1. The van der Waals surface area contributed by atoms with E-state index in [4.69, 9.17) is 9.84 Å². The van der Waals surface area contributed by atoms with Gasteiger partial charge in [0.05, 0.1) is 28.1 Å². The molecule has 0 atom stereocenters. The van der Waals surface area contributed by atoms with Gasteiger partial charge in [0.25, 0.3) is 0 Å². The fourth-order valence-electron chi connectivity index (χ4n) is 3.61. The number of allylic oxidation sites excluding steroid dienone is 1. The summed E-state index contributed by atoms with van der Waals surface area (Å²) in [5.41, 5.74) is 4.87. The van der Waals surface area contributed by atoms with Crippen LogP contribution in [-0.2, 0) is 0 Å². The molecule has 0 N–H and O–H groups in total. The molecular formula is C27H20N4OS. The standard InChI is InChI=1S/C27H20N4OS/c1-2-32-23-12-8-9-19(16-23)26-21(18-31(30-26)22-10-4-3-5-11-22)15-20(17-28)27-29-24-13-6-7-14-25(24)33-27/h3-16,18H,2H2,1H3/b20-15-. The van der Waals surface area contributed by atoms with Crippen LogP contribution in [0.3, 0.4) is 0 Å². The van der Waals surface area contributed by atoms with Crippen LogP contribution in [0.1, 0.15) is 17.5 Å². The number of nitriles is 1. The van der Waals surface area contributed by atoms with E-state index in [1.54, 1.807) is 0 Å². The van der Waals surface area contributed by atoms with Gasteiger partial charge in [-0.1, -0.05) is 42.5 Å². The van der Waals surface area contributed by atoms with E-state index in [1.165, 1.54) is 11.3 Å². The number of rotatable bonds is 6. The summed E-state index contributed by atoms with van der Waals surface area (Å²) in [5.74, 6) is 0.783. The van der Waals surface area contributed by atoms with Gasteiger partial charge in [0.2, 0.25) is 0 Å². The number of aromatic nitrogens is 3. The highest BCUT2D eigenvalue weighted by Crippen LogP contribution is 2.32. The first-order valence-corrected chi connectivity index (χ1v) is 11.4. The van der Waals surface area contributed by atoms with Gasteiger partial charge in [0.15, 0.2) is 0 Å². The molecule has 0 spiro atoms. The Morgan fingerprint density at radius 3 is 2.67 bits per heavy atom. The van der Waals surface area contributed by atoms with Crippen LogP contribution in [0.4, 0.5) is 0 Å². The summed E-state index contributed by atoms with van der Waals surface area (Å²) < 4.78 is 8.58. The van der Waals surface area contributed by atoms with Crippen molar-refractivity contribution in [1.82, 2.24) is 14.8 Å². The van der Waals surface area contributed by atoms with Gasteiger partial charge in [-0.3, -0.25) is 0 Å². The lowest BCUT2D eigenvalue weighted by Crippen LogP contribution is -1.94. The van der Waals surface area contributed by atoms with Crippen LogP contribution in [-0.4, -0.2) is 21.4 Å². The Morgan fingerprint density at radius 1 is 1.06 bits per heavy atom. The van der Waals surface area contributed by atoms with Crippen molar-refractivity contribution in [1.29, 1.82) is 5.26 Å². The van der Waals surface area contributed by atoms with E-state index >= 15 is 0 Å². The normalized spacial score (nSPS) is 11.5. The van der Waals surface area contributed by atoms with Crippen LogP contribution in [0.15, 0.2) is 85.1 Å². The summed E-state index contributed by atoms with van der Waals surface area (Å²) in [5, 5.41) is 15.5. The second-order valence-electron chi connectivity index (χ2n) is 7.33. The summed E-state index contributed by atoms with van der Waals surface area (Å²) >= 11 is 1.51. The number of para-hydroxylation sites is 2. The molecule has 0 saturated carbocycles. The molecular weight excluding hydrogens is 428 g/mol. The third-order valence-electron chi connectivity index (χ3n) is 5.13. The molecule has 5 aromatic rings. The molecule has 0 fully saturated rings. The minimum absolute atomic E-state index is 0.506. The van der Waals surface area contributed by atoms with Crippen LogP contribution in [0.5, 0.6) is 5.75 Å². The Balaban J connectivity index is 1.65. The van der Waals surface area contributed by atoms with Gasteiger partial charge in [-0.15, -0.1) is 11.3 Å². The highest BCUT2D eigenvalue weighted by Gasteiger charge is 2.15. The van der Waals surface area contributed by atoms with Crippen molar-refractivity contribution in [2.24, 2.45) is 0 Å². The van der Waals surface area contributed by atoms with E-state index in [0.717, 1.165) is 38.5 Å². The fourth-order valence-corrected chi connectivity index (χ4v) is 4.55. The number of thiazole rings is 1. The SMILES string of the molecule is CCOc1cccc(-c2nn(-c3ccccc3)cc2/C=C(/C#N)c2nc3ccccc3s2)c1. The minimum atomic E-state index is 0.506. The quantitative estimate of drug-likeness (QED) is 0.274. The van der Waals surface area contributed by atoms with E-state index < -0.39 is 0 Å². The van der Waals surface area contributed by atoms with Gasteiger partial charge in [-0.25, -0.2) is 9.67 Å². The molecule has 5 nitrogen and oxygen atoms in total. The molecule has 0 aliphatic rings. The van der Waals surface area contributed by atoms with Crippen molar-refractivity contribution in [3.05, 3.63) is 95.6 Å². The zero-order valence-corrected chi connectivity index (χ0v) is 18.8. The van der Waals surface area contributed by atoms with E-state index in [0.29, 0.717) is 17.2 Å². The molecule has 0 bridgehead atoms. The van der Waals surface area contributed by atoms with Gasteiger partial charge < -0.3 is 4.74 Å². The summed E-state index contributed by atoms with van der Waals surface area (Å²) in [6.45, 7) is 2.55. The number of hydrogen-bond donors (Lipinski definition) is 0. The van der Waals surface area contributed by atoms with Gasteiger partial charge in [0.1, 0.15) is 22.5 Å². The lowest BCUT2D eigenvalue weighted by molar-refractivity contribution is 0.340. The molecule has 33 heavy (non-hydrogen) atoms. The van der Waals surface area contributed by atoms with Crippen LogP contribution in [0, 0.1) is 11.3 Å². The molecule has 0 radical (unpaired) electrons. The fraction of sp³-hybridized carbons (Fsp3) is 0.0741. The molecule has 2 aromatic heterocycles. The number of fused-ring (bicyclic) bond motifs is 1. The molecule has 0 unspecified atom stereocenters. The summed E-state index contributed by atoms with van der Waals surface area (Å²) in [6, 6.07) is 28.0. The van der Waals surface area contributed by atoms with Crippen LogP contribution in [0.2, 0.25) is 0 Å². The second kappa shape index (κ2) is 9.11. The van der Waals surface area contributed by atoms with Crippen LogP contribution < -0.4 is 4.74 Å². The summed E-state index contributed by atoms with van der Waals surface area (Å²) in [6.07, 6.45) is 3.81. The Morgan fingerprint density at radius 2 is 1.88 bits per heavy atom. The average molecular weight is 449 g/mol. The minimum Gasteiger partial charge on any atom is -0.494 e. The van der Waals surface area contributed by atoms with Crippen molar-refractivity contribution in [3.63, 3.8) is 0 Å². The maximum atomic E-state index is 9.97. The molecule has 0 amide bonds. The highest BCUT2D eigenvalue weighted by molar-refractivity contribution is 7.19. The van der Waals surface area contributed by atoms with Crippen LogP contribution in [0.25, 0.3) is 38.8 Å². The van der Waals surface area contributed by atoms with Gasteiger partial charge in [0, 0.05) is 17.3 Å². The largest absolute Gasteiger partial charge is 0.494 e. The number of benzene rings is 3. The lowest BCUT2D eigenvalue weighted by atomic mass is 10.1. The first-order chi connectivity index (χ1) is 16.2. The molecule has 6 heteroatoms. The Kier molecular flexibility index (Phi) is 5.71. The predicted molar refractivity (Wildman–Crippen MR) is 133 cm³/mol. The zero-order valence-electron chi connectivity index (χ0n) is 18.0. The molecule has 0 aliphatic carbocycles. The Labute approximate surface area is 195 Å². The maximum Gasteiger partial charge on any atom is 0.135 e. The number of hydrogen-bond acceptors (Lipinski definition) is 5. The van der Waals surface area contributed by atoms with Gasteiger partial charge in [-0.05, 0) is 49.4 Å². The van der Waals surface area contributed by atoms with Gasteiger partial charge in [-0.2, -0.15) is 10.4 Å². The molecule has 0 aliphatic heterocycles. The smallest absolute Gasteiger partial charge is 0.135 e. The zero-order chi connectivity index (χ0) is 22.6. The van der Waals surface area contributed by atoms with Crippen molar-refractivity contribution >= 4 is 33.2 Å². The van der Waals surface area contributed by atoms with E-state index in [-0.39, 0.29) is 0 Å². The first-order valence-electron chi connectivity index (χ1n) is 10.6. The monoisotopic (exact) mass is 448 g/mol. The average Bonchev–Trinajstić information content (AvgIpc) is 3.48. The Bertz CT molecular complexity index is 1460. The van der Waals surface area contributed by atoms with Crippen molar-refractivity contribution in [2.45, 2.75) is 6.92 Å². The molecule has 5 rings (SSSR count). The summed E-state index contributed by atoms with van der Waals surface area (Å²) in [7, 11) is 0. The first kappa shape index (κ1) is 20.7. The van der Waals surface area contributed by atoms with E-state index in [1.807, 2.05) is 103 Å². The third kappa shape index (κ3) is 4.27. The van der Waals surface area contributed by atoms with E-state index in [2.05, 4.69) is 11.1 Å². The van der Waals surface area contributed by atoms with Crippen molar-refractivity contribution in [2.75, 3.05) is 6.61 Å². The molecule has 2 heterocycles. The molecule has 0 saturated heterocycles. The topological polar surface area (TPSA) is 63.7 Å². The van der Waals surface area contributed by atoms with Crippen molar-refractivity contribution < 1.29 is 4.74 Å². The predicted octanol–water partition coefficient (Wildman–Crippen LogP) is 6.61. The Hall–Kier alpha value is -4.21. The second-order valence-corrected chi connectivity index (χ2v) is 8.36. The number of nitrogens with zero attached hydrogens (tertiary/aromatic N) is 4. The van der Waals surface area contributed by atoms with Crippen molar-refractivity contribution in [3.8, 4) is 28.8 Å². The van der Waals surface area contributed by atoms with E-state index in [9.17, 15) is 5.26 Å². The van der Waals surface area contributed by atoms with Crippen LogP contribution >= 0.6 is 11.3 Å². The third-order valence-corrected chi connectivity index (χ3v) is 6.20. The van der Waals surface area contributed by atoms with Gasteiger partial charge >= 0.3 is 0 Å². The molecule has 160 valence electrons. The summed E-state index contributed by atoms with van der Waals surface area (Å²) in [4.78, 5) is 4.67. The number of ether oxygens (including phenoxy) is 1. The maximum absolute atomic E-state index is 9.97. The molecule has 3 aromatic carbocycles.